The molecule has 7 heteroatoms. The summed E-state index contributed by atoms with van der Waals surface area (Å²) in [6, 6.07) is 3.47. The number of sulfonamides is 1. The number of nitrogens with one attached hydrogen (secondary N) is 1. The largest absolute Gasteiger partial charge is 0.476 e. The van der Waals surface area contributed by atoms with Crippen LogP contribution in [0.25, 0.3) is 0 Å². The van der Waals surface area contributed by atoms with Crippen LogP contribution in [0.15, 0.2) is 23.2 Å². The molecule has 1 aromatic heterocycles. The summed E-state index contributed by atoms with van der Waals surface area (Å²) in [4.78, 5) is 4.20. The Kier molecular flexibility index (Phi) is 4.38. The van der Waals surface area contributed by atoms with Crippen LogP contribution in [-0.4, -0.2) is 51.0 Å². The van der Waals surface area contributed by atoms with Gasteiger partial charge in [-0.25, -0.2) is 17.7 Å². The third-order valence-electron chi connectivity index (χ3n) is 3.08. The summed E-state index contributed by atoms with van der Waals surface area (Å²) in [5.41, 5.74) is 0. The Morgan fingerprint density at radius 1 is 1.47 bits per heavy atom. The van der Waals surface area contributed by atoms with E-state index in [1.54, 1.807) is 6.07 Å². The molecule has 0 bridgehead atoms. The molecule has 2 heterocycles. The van der Waals surface area contributed by atoms with E-state index in [9.17, 15) is 8.42 Å². The van der Waals surface area contributed by atoms with Crippen LogP contribution >= 0.6 is 0 Å². The third kappa shape index (κ3) is 3.43. The zero-order valence-corrected chi connectivity index (χ0v) is 12.0. The van der Waals surface area contributed by atoms with Crippen LogP contribution in [0.2, 0.25) is 0 Å². The lowest BCUT2D eigenvalue weighted by molar-refractivity contribution is 0.267. The number of nitrogens with zero attached hydrogens (tertiary/aromatic N) is 2. The summed E-state index contributed by atoms with van der Waals surface area (Å²) in [6.07, 6.45) is 3.60. The molecule has 1 N–H and O–H groups in total. The second kappa shape index (κ2) is 5.85. The Hall–Kier alpha value is -1.18. The van der Waals surface area contributed by atoms with Gasteiger partial charge in [0, 0.05) is 26.2 Å². The number of pyridine rings is 1. The number of aromatic nitrogens is 1. The molecule has 1 unspecified atom stereocenters. The van der Waals surface area contributed by atoms with Gasteiger partial charge in [0.15, 0.2) is 0 Å². The highest BCUT2D eigenvalue weighted by Gasteiger charge is 2.18. The van der Waals surface area contributed by atoms with Gasteiger partial charge < -0.3 is 10.1 Å². The molecule has 0 spiro atoms. The van der Waals surface area contributed by atoms with Crippen LogP contribution in [-0.2, 0) is 10.0 Å². The van der Waals surface area contributed by atoms with Crippen LogP contribution in [0, 0.1) is 0 Å². The Morgan fingerprint density at radius 3 is 2.79 bits per heavy atom. The molecule has 0 amide bonds. The molecule has 2 rings (SSSR count). The molecule has 0 radical (unpaired) electrons. The molecular weight excluding hydrogens is 266 g/mol. The Labute approximate surface area is 113 Å². The van der Waals surface area contributed by atoms with Crippen molar-refractivity contribution in [2.24, 2.45) is 0 Å². The van der Waals surface area contributed by atoms with Crippen molar-refractivity contribution in [2.45, 2.75) is 23.8 Å². The molecule has 0 aromatic carbocycles. The van der Waals surface area contributed by atoms with E-state index in [1.165, 1.54) is 32.8 Å². The van der Waals surface area contributed by atoms with Crippen molar-refractivity contribution >= 4 is 10.0 Å². The number of rotatable bonds is 5. The van der Waals surface area contributed by atoms with E-state index >= 15 is 0 Å². The Bertz CT molecular complexity index is 508. The van der Waals surface area contributed by atoms with Gasteiger partial charge in [-0.05, 0) is 25.5 Å². The van der Waals surface area contributed by atoms with Crippen molar-refractivity contribution in [2.75, 3.05) is 27.2 Å². The van der Waals surface area contributed by atoms with E-state index in [-0.39, 0.29) is 4.90 Å². The first-order chi connectivity index (χ1) is 9.00. The second-order valence-corrected chi connectivity index (χ2v) is 6.88. The average Bonchev–Trinajstić information content (AvgIpc) is 2.90. The lowest BCUT2D eigenvalue weighted by atomic mass is 10.2. The lowest BCUT2D eigenvalue weighted by Gasteiger charge is -2.13. The van der Waals surface area contributed by atoms with Gasteiger partial charge in [-0.3, -0.25) is 0 Å². The molecule has 0 saturated carbocycles. The Balaban J connectivity index is 1.98. The van der Waals surface area contributed by atoms with E-state index in [0.29, 0.717) is 18.5 Å². The third-order valence-corrected chi connectivity index (χ3v) is 4.88. The highest BCUT2D eigenvalue weighted by molar-refractivity contribution is 7.89. The maximum Gasteiger partial charge on any atom is 0.244 e. The zero-order chi connectivity index (χ0) is 13.9. The van der Waals surface area contributed by atoms with Crippen molar-refractivity contribution in [3.8, 4) is 5.88 Å². The fraction of sp³-hybridized carbons (Fsp3) is 0.583. The molecule has 1 aliphatic rings. The van der Waals surface area contributed by atoms with E-state index in [2.05, 4.69) is 10.3 Å². The van der Waals surface area contributed by atoms with Crippen molar-refractivity contribution in [1.29, 1.82) is 0 Å². The van der Waals surface area contributed by atoms with Crippen LogP contribution in [0.4, 0.5) is 0 Å². The van der Waals surface area contributed by atoms with E-state index in [4.69, 9.17) is 4.74 Å². The van der Waals surface area contributed by atoms with Crippen LogP contribution < -0.4 is 10.1 Å². The Morgan fingerprint density at radius 2 is 2.26 bits per heavy atom. The summed E-state index contributed by atoms with van der Waals surface area (Å²) >= 11 is 0. The molecule has 106 valence electrons. The predicted octanol–water partition coefficient (Wildman–Crippen LogP) is 0.463. The smallest absolute Gasteiger partial charge is 0.244 e. The van der Waals surface area contributed by atoms with Gasteiger partial charge in [0.1, 0.15) is 11.5 Å². The van der Waals surface area contributed by atoms with Gasteiger partial charge in [-0.1, -0.05) is 0 Å². The normalized spacial score (nSPS) is 19.8. The van der Waals surface area contributed by atoms with Gasteiger partial charge >= 0.3 is 0 Å². The van der Waals surface area contributed by atoms with Gasteiger partial charge in [0.05, 0.1) is 6.20 Å². The minimum Gasteiger partial charge on any atom is -0.476 e. The predicted molar refractivity (Wildman–Crippen MR) is 71.6 cm³/mol. The minimum absolute atomic E-state index is 0.170. The number of ether oxygens (including phenoxy) is 1. The molecule has 1 fully saturated rings. The molecule has 0 aliphatic carbocycles. The quantitative estimate of drug-likeness (QED) is 0.851. The summed E-state index contributed by atoms with van der Waals surface area (Å²) in [5, 5.41) is 3.32. The fourth-order valence-electron chi connectivity index (χ4n) is 1.90. The highest BCUT2D eigenvalue weighted by atomic mass is 32.2. The average molecular weight is 285 g/mol. The van der Waals surface area contributed by atoms with Gasteiger partial charge in [-0.15, -0.1) is 0 Å². The van der Waals surface area contributed by atoms with E-state index < -0.39 is 10.0 Å². The first-order valence-electron chi connectivity index (χ1n) is 6.25. The standard InChI is InChI=1S/C12H19N3O3S/c1-15(2)19(16,17)11-5-6-12(14-8-11)18-9-10-4-3-7-13-10/h5-6,8,10,13H,3-4,7,9H2,1-2H3. The monoisotopic (exact) mass is 285 g/mol. The molecule has 6 nitrogen and oxygen atoms in total. The molecule has 1 aliphatic heterocycles. The van der Waals surface area contributed by atoms with Crippen molar-refractivity contribution in [3.05, 3.63) is 18.3 Å². The first-order valence-corrected chi connectivity index (χ1v) is 7.69. The second-order valence-electron chi connectivity index (χ2n) is 4.72. The van der Waals surface area contributed by atoms with Crippen LogP contribution in [0.3, 0.4) is 0 Å². The van der Waals surface area contributed by atoms with Crippen LogP contribution in [0.5, 0.6) is 5.88 Å². The van der Waals surface area contributed by atoms with Crippen molar-refractivity contribution in [1.82, 2.24) is 14.6 Å². The summed E-state index contributed by atoms with van der Waals surface area (Å²) in [7, 11) is -0.438. The maximum absolute atomic E-state index is 11.8. The zero-order valence-electron chi connectivity index (χ0n) is 11.2. The van der Waals surface area contributed by atoms with Crippen molar-refractivity contribution in [3.63, 3.8) is 0 Å². The topological polar surface area (TPSA) is 71.5 Å². The molecule has 1 aromatic rings. The van der Waals surface area contributed by atoms with Crippen LogP contribution in [0.1, 0.15) is 12.8 Å². The van der Waals surface area contributed by atoms with Gasteiger partial charge in [0.2, 0.25) is 15.9 Å². The molecule has 1 saturated heterocycles. The molecule has 1 atom stereocenters. The summed E-state index contributed by atoms with van der Waals surface area (Å²) in [5.74, 6) is 0.450. The SMILES string of the molecule is CN(C)S(=O)(=O)c1ccc(OCC2CCCN2)nc1. The van der Waals surface area contributed by atoms with Crippen molar-refractivity contribution < 1.29 is 13.2 Å². The van der Waals surface area contributed by atoms with Gasteiger partial charge in [0.25, 0.3) is 0 Å². The molecule has 19 heavy (non-hydrogen) atoms. The number of hydrogen-bond acceptors (Lipinski definition) is 5. The first kappa shape index (κ1) is 14.2. The minimum atomic E-state index is -3.42. The maximum atomic E-state index is 11.8. The fourth-order valence-corrected chi connectivity index (χ4v) is 2.75. The highest BCUT2D eigenvalue weighted by Crippen LogP contribution is 2.15. The summed E-state index contributed by atoms with van der Waals surface area (Å²) in [6.45, 7) is 1.59. The lowest BCUT2D eigenvalue weighted by Crippen LogP contribution is -2.28. The van der Waals surface area contributed by atoms with E-state index in [1.807, 2.05) is 0 Å². The van der Waals surface area contributed by atoms with Gasteiger partial charge in [-0.2, -0.15) is 0 Å². The number of hydrogen-bond donors (Lipinski definition) is 1. The summed E-state index contributed by atoms with van der Waals surface area (Å²) < 4.78 is 30.4. The van der Waals surface area contributed by atoms with E-state index in [0.717, 1.165) is 17.3 Å². The molecular formula is C12H19N3O3S.